The lowest BCUT2D eigenvalue weighted by molar-refractivity contribution is -0.138. The molecule has 7 heteroatoms. The first-order valence-electron chi connectivity index (χ1n) is 6.53. The molecule has 1 unspecified atom stereocenters. The molecule has 1 saturated heterocycles. The fourth-order valence-electron chi connectivity index (χ4n) is 2.30. The van der Waals surface area contributed by atoms with Crippen LogP contribution in [0.2, 0.25) is 0 Å². The average molecular weight is 315 g/mol. The number of halogens is 2. The molecule has 4 nitrogen and oxygen atoms in total. The molecule has 0 aromatic heterocycles. The van der Waals surface area contributed by atoms with Crippen molar-refractivity contribution in [3.63, 3.8) is 0 Å². The molecular formula is C14H15F2NO3S. The summed E-state index contributed by atoms with van der Waals surface area (Å²) in [4.78, 5) is 24.4. The molecule has 2 rings (SSSR count). The molecule has 1 heterocycles. The van der Waals surface area contributed by atoms with Crippen LogP contribution in [0.4, 0.5) is 8.78 Å². The Kier molecular flexibility index (Phi) is 5.17. The molecule has 21 heavy (non-hydrogen) atoms. The van der Waals surface area contributed by atoms with E-state index in [1.54, 1.807) is 4.90 Å². The van der Waals surface area contributed by atoms with Gasteiger partial charge in [0.05, 0.1) is 5.75 Å². The molecule has 1 amide bonds. The van der Waals surface area contributed by atoms with Crippen LogP contribution in [0, 0.1) is 17.6 Å². The van der Waals surface area contributed by atoms with E-state index in [0.29, 0.717) is 19.5 Å². The van der Waals surface area contributed by atoms with Gasteiger partial charge in [0, 0.05) is 30.5 Å². The van der Waals surface area contributed by atoms with Crippen LogP contribution >= 0.6 is 11.8 Å². The van der Waals surface area contributed by atoms with Gasteiger partial charge in [-0.2, -0.15) is 0 Å². The number of carbonyl (C=O) groups excluding carboxylic acids is 1. The Morgan fingerprint density at radius 1 is 1.38 bits per heavy atom. The number of thioether (sulfide) groups is 1. The van der Waals surface area contributed by atoms with Crippen LogP contribution < -0.4 is 0 Å². The van der Waals surface area contributed by atoms with Gasteiger partial charge in [0.2, 0.25) is 5.91 Å². The minimum Gasteiger partial charge on any atom is -0.481 e. The summed E-state index contributed by atoms with van der Waals surface area (Å²) >= 11 is 1.02. The molecule has 114 valence electrons. The Balaban J connectivity index is 1.84. The van der Waals surface area contributed by atoms with Crippen molar-refractivity contribution in [1.29, 1.82) is 0 Å². The standard InChI is InChI=1S/C14H15F2NO3S/c15-10-1-2-12(11(16)6-10)21-8-13(18)17-4-3-9(7-17)5-14(19)20/h1-2,6,9H,3-5,7-8H2,(H,19,20). The Hall–Kier alpha value is -1.63. The summed E-state index contributed by atoms with van der Waals surface area (Å²) in [6.45, 7) is 0.959. The molecule has 1 aliphatic rings. The molecule has 1 N–H and O–H groups in total. The molecule has 0 radical (unpaired) electrons. The fraction of sp³-hybridized carbons (Fsp3) is 0.429. The summed E-state index contributed by atoms with van der Waals surface area (Å²) < 4.78 is 26.2. The SMILES string of the molecule is O=C(O)CC1CCN(C(=O)CSc2ccc(F)cc2F)C1. The summed E-state index contributed by atoms with van der Waals surface area (Å²) in [5.74, 6) is -2.31. The molecule has 1 fully saturated rings. The second-order valence-electron chi connectivity index (χ2n) is 4.96. The van der Waals surface area contributed by atoms with Crippen LogP contribution in [0.15, 0.2) is 23.1 Å². The number of likely N-dealkylation sites (tertiary alicyclic amines) is 1. The monoisotopic (exact) mass is 315 g/mol. The highest BCUT2D eigenvalue weighted by Crippen LogP contribution is 2.25. The maximum atomic E-state index is 13.4. The molecule has 1 aliphatic heterocycles. The van der Waals surface area contributed by atoms with Gasteiger partial charge >= 0.3 is 5.97 Å². The first-order chi connectivity index (χ1) is 9.95. The molecule has 0 spiro atoms. The third-order valence-corrected chi connectivity index (χ3v) is 4.38. The lowest BCUT2D eigenvalue weighted by Crippen LogP contribution is -2.30. The number of carboxylic acids is 1. The number of aliphatic carboxylic acids is 1. The van der Waals surface area contributed by atoms with Crippen molar-refractivity contribution in [1.82, 2.24) is 4.90 Å². The largest absolute Gasteiger partial charge is 0.481 e. The van der Waals surface area contributed by atoms with Gasteiger partial charge in [0.15, 0.2) is 0 Å². The molecule has 0 saturated carbocycles. The number of carbonyl (C=O) groups is 2. The van der Waals surface area contributed by atoms with Crippen molar-refractivity contribution in [2.75, 3.05) is 18.8 Å². The average Bonchev–Trinajstić information content (AvgIpc) is 2.85. The quantitative estimate of drug-likeness (QED) is 0.848. The van der Waals surface area contributed by atoms with Crippen LogP contribution in [0.25, 0.3) is 0 Å². The predicted octanol–water partition coefficient (Wildman–Crippen LogP) is 2.38. The van der Waals surface area contributed by atoms with Crippen LogP contribution in [-0.4, -0.2) is 40.7 Å². The molecule has 1 aromatic rings. The molecule has 0 bridgehead atoms. The van der Waals surface area contributed by atoms with Crippen LogP contribution in [0.1, 0.15) is 12.8 Å². The number of benzene rings is 1. The zero-order chi connectivity index (χ0) is 15.4. The minimum absolute atomic E-state index is 0.0148. The van der Waals surface area contributed by atoms with E-state index >= 15 is 0 Å². The van der Waals surface area contributed by atoms with Crippen molar-refractivity contribution in [2.24, 2.45) is 5.92 Å². The molecule has 0 aliphatic carbocycles. The van der Waals surface area contributed by atoms with E-state index in [1.165, 1.54) is 6.07 Å². The van der Waals surface area contributed by atoms with E-state index in [4.69, 9.17) is 5.11 Å². The highest BCUT2D eigenvalue weighted by atomic mass is 32.2. The van der Waals surface area contributed by atoms with Crippen molar-refractivity contribution >= 4 is 23.6 Å². The summed E-state index contributed by atoms with van der Waals surface area (Å²) in [5.41, 5.74) is 0. The van der Waals surface area contributed by atoms with Gasteiger partial charge in [-0.15, -0.1) is 11.8 Å². The van der Waals surface area contributed by atoms with E-state index in [-0.39, 0.29) is 28.9 Å². The number of carboxylic acid groups (broad SMARTS) is 1. The number of amides is 1. The number of nitrogens with zero attached hydrogens (tertiary/aromatic N) is 1. The van der Waals surface area contributed by atoms with Gasteiger partial charge in [0.25, 0.3) is 0 Å². The van der Waals surface area contributed by atoms with Crippen molar-refractivity contribution in [2.45, 2.75) is 17.7 Å². The maximum Gasteiger partial charge on any atom is 0.303 e. The van der Waals surface area contributed by atoms with Crippen molar-refractivity contribution < 1.29 is 23.5 Å². The minimum atomic E-state index is -0.864. The first kappa shape index (κ1) is 15.8. The zero-order valence-corrected chi connectivity index (χ0v) is 12.0. The summed E-state index contributed by atoms with van der Waals surface area (Å²) in [6, 6.07) is 3.24. The van der Waals surface area contributed by atoms with E-state index < -0.39 is 17.6 Å². The van der Waals surface area contributed by atoms with E-state index in [9.17, 15) is 18.4 Å². The summed E-state index contributed by atoms with van der Waals surface area (Å²) in [6.07, 6.45) is 0.733. The van der Waals surface area contributed by atoms with Gasteiger partial charge < -0.3 is 10.0 Å². The topological polar surface area (TPSA) is 57.6 Å². The number of hydrogen-bond acceptors (Lipinski definition) is 3. The van der Waals surface area contributed by atoms with Crippen LogP contribution in [0.5, 0.6) is 0 Å². The van der Waals surface area contributed by atoms with Crippen molar-refractivity contribution in [3.05, 3.63) is 29.8 Å². The van der Waals surface area contributed by atoms with Crippen LogP contribution in [0.3, 0.4) is 0 Å². The smallest absolute Gasteiger partial charge is 0.303 e. The fourth-order valence-corrected chi connectivity index (χ4v) is 3.12. The van der Waals surface area contributed by atoms with Crippen LogP contribution in [-0.2, 0) is 9.59 Å². The predicted molar refractivity (Wildman–Crippen MR) is 74.0 cm³/mol. The van der Waals surface area contributed by atoms with Crippen molar-refractivity contribution in [3.8, 4) is 0 Å². The summed E-state index contributed by atoms with van der Waals surface area (Å²) in [5, 5.41) is 8.72. The van der Waals surface area contributed by atoms with Gasteiger partial charge in [-0.3, -0.25) is 9.59 Å². The van der Waals surface area contributed by atoms with E-state index in [1.807, 2.05) is 0 Å². The second kappa shape index (κ2) is 6.89. The van der Waals surface area contributed by atoms with Gasteiger partial charge in [-0.25, -0.2) is 8.78 Å². The third-order valence-electron chi connectivity index (χ3n) is 3.35. The maximum absolute atomic E-state index is 13.4. The Bertz CT molecular complexity index is 553. The second-order valence-corrected chi connectivity index (χ2v) is 5.97. The van der Waals surface area contributed by atoms with E-state index in [0.717, 1.165) is 23.9 Å². The van der Waals surface area contributed by atoms with Gasteiger partial charge in [-0.05, 0) is 24.5 Å². The lowest BCUT2D eigenvalue weighted by Gasteiger charge is -2.16. The number of rotatable bonds is 5. The highest BCUT2D eigenvalue weighted by molar-refractivity contribution is 8.00. The summed E-state index contributed by atoms with van der Waals surface area (Å²) in [7, 11) is 0. The van der Waals surface area contributed by atoms with Gasteiger partial charge in [0.1, 0.15) is 11.6 Å². The Morgan fingerprint density at radius 3 is 2.81 bits per heavy atom. The Morgan fingerprint density at radius 2 is 2.14 bits per heavy atom. The molecule has 1 atom stereocenters. The highest BCUT2D eigenvalue weighted by Gasteiger charge is 2.27. The zero-order valence-electron chi connectivity index (χ0n) is 11.2. The normalized spacial score (nSPS) is 18.0. The Labute approximate surface area is 125 Å². The molecular weight excluding hydrogens is 300 g/mol. The first-order valence-corrected chi connectivity index (χ1v) is 7.51. The third kappa shape index (κ3) is 4.42. The number of hydrogen-bond donors (Lipinski definition) is 1. The van der Waals surface area contributed by atoms with Gasteiger partial charge in [-0.1, -0.05) is 0 Å². The molecule has 1 aromatic carbocycles. The van der Waals surface area contributed by atoms with E-state index in [2.05, 4.69) is 0 Å². The lowest BCUT2D eigenvalue weighted by atomic mass is 10.1.